The van der Waals surface area contributed by atoms with E-state index in [4.69, 9.17) is 4.74 Å². The molecule has 0 spiro atoms. The van der Waals surface area contributed by atoms with Gasteiger partial charge in [-0.1, -0.05) is 36.4 Å². The van der Waals surface area contributed by atoms with Crippen LogP contribution in [0.3, 0.4) is 0 Å². The van der Waals surface area contributed by atoms with E-state index in [1.54, 1.807) is 6.20 Å². The van der Waals surface area contributed by atoms with Crippen molar-refractivity contribution < 1.29 is 14.3 Å². The Morgan fingerprint density at radius 3 is 2.54 bits per heavy atom. The summed E-state index contributed by atoms with van der Waals surface area (Å²) in [6, 6.07) is 14.9. The van der Waals surface area contributed by atoms with Crippen LogP contribution in [0.2, 0.25) is 0 Å². The lowest BCUT2D eigenvalue weighted by atomic mass is 10.0. The highest BCUT2D eigenvalue weighted by Gasteiger charge is 2.38. The van der Waals surface area contributed by atoms with Crippen LogP contribution >= 0.6 is 11.8 Å². The van der Waals surface area contributed by atoms with E-state index in [2.05, 4.69) is 10.3 Å². The van der Waals surface area contributed by atoms with Gasteiger partial charge in [0.15, 0.2) is 5.37 Å². The van der Waals surface area contributed by atoms with Gasteiger partial charge in [-0.2, -0.15) is 0 Å². The third-order valence-corrected chi connectivity index (χ3v) is 5.35. The molecule has 2 heterocycles. The van der Waals surface area contributed by atoms with Crippen molar-refractivity contribution in [2.45, 2.75) is 37.8 Å². The highest BCUT2D eigenvalue weighted by atomic mass is 32.2. The first-order valence-corrected chi connectivity index (χ1v) is 10.3. The average Bonchev–Trinajstić information content (AvgIpc) is 3.16. The Balaban J connectivity index is 1.79. The Morgan fingerprint density at radius 1 is 1.18 bits per heavy atom. The molecule has 0 bridgehead atoms. The number of aromatic nitrogens is 1. The largest absolute Gasteiger partial charge is 0.444 e. The number of carbonyl (C=O) groups excluding carboxylic acids is 2. The predicted octanol–water partition coefficient (Wildman–Crippen LogP) is 3.60. The Kier molecular flexibility index (Phi) is 6.24. The molecule has 1 aliphatic rings. The number of thioether (sulfide) groups is 1. The van der Waals surface area contributed by atoms with Crippen LogP contribution in [0.1, 0.15) is 38.1 Å². The second kappa shape index (κ2) is 8.65. The summed E-state index contributed by atoms with van der Waals surface area (Å²) in [7, 11) is 0. The van der Waals surface area contributed by atoms with Gasteiger partial charge in [-0.05, 0) is 38.5 Å². The minimum absolute atomic E-state index is 0.229. The molecule has 0 unspecified atom stereocenters. The summed E-state index contributed by atoms with van der Waals surface area (Å²) >= 11 is 1.44. The number of nitrogens with one attached hydrogen (secondary N) is 1. The molecule has 1 saturated heterocycles. The molecule has 1 aromatic carbocycles. The molecule has 0 radical (unpaired) electrons. The Morgan fingerprint density at radius 2 is 1.89 bits per heavy atom. The van der Waals surface area contributed by atoms with Crippen molar-refractivity contribution in [3.63, 3.8) is 0 Å². The molecule has 2 aromatic rings. The van der Waals surface area contributed by atoms with E-state index in [1.807, 2.05) is 69.3 Å². The molecule has 1 aromatic heterocycles. The standard InChI is InChI=1S/C21H25N3O3S/c1-21(2,3)27-20(26)24-13-14-28-19(24)18(25)23-17(15-9-5-4-6-10-15)16-11-7-8-12-22-16/h4-12,17,19H,13-14H2,1-3H3,(H,23,25)/t17-,19+/m1/s1. The van der Waals surface area contributed by atoms with Crippen molar-refractivity contribution in [2.24, 2.45) is 0 Å². The lowest BCUT2D eigenvalue weighted by Gasteiger charge is -2.28. The lowest BCUT2D eigenvalue weighted by molar-refractivity contribution is -0.123. The average molecular weight is 400 g/mol. The van der Waals surface area contributed by atoms with Crippen LogP contribution in [0.15, 0.2) is 54.7 Å². The summed E-state index contributed by atoms with van der Waals surface area (Å²) in [4.78, 5) is 31.5. The summed E-state index contributed by atoms with van der Waals surface area (Å²) in [5, 5.41) is 2.45. The summed E-state index contributed by atoms with van der Waals surface area (Å²) < 4.78 is 5.46. The van der Waals surface area contributed by atoms with Gasteiger partial charge in [0.2, 0.25) is 0 Å². The fraction of sp³-hybridized carbons (Fsp3) is 0.381. The second-order valence-electron chi connectivity index (χ2n) is 7.50. The van der Waals surface area contributed by atoms with Gasteiger partial charge in [0.25, 0.3) is 5.91 Å². The molecule has 148 valence electrons. The monoisotopic (exact) mass is 399 g/mol. The van der Waals surface area contributed by atoms with E-state index in [-0.39, 0.29) is 5.91 Å². The molecule has 7 heteroatoms. The van der Waals surface area contributed by atoms with Crippen molar-refractivity contribution in [3.8, 4) is 0 Å². The van der Waals surface area contributed by atoms with E-state index in [1.165, 1.54) is 16.7 Å². The first-order valence-electron chi connectivity index (χ1n) is 9.22. The lowest BCUT2D eigenvalue weighted by Crippen LogP contribution is -2.47. The van der Waals surface area contributed by atoms with Crippen molar-refractivity contribution >= 4 is 23.8 Å². The van der Waals surface area contributed by atoms with Gasteiger partial charge < -0.3 is 10.1 Å². The zero-order valence-corrected chi connectivity index (χ0v) is 17.1. The number of nitrogens with zero attached hydrogens (tertiary/aromatic N) is 2. The molecule has 1 fully saturated rings. The maximum Gasteiger partial charge on any atom is 0.411 e. The van der Waals surface area contributed by atoms with Crippen LogP contribution < -0.4 is 5.32 Å². The van der Waals surface area contributed by atoms with Crippen molar-refractivity contribution in [2.75, 3.05) is 12.3 Å². The quantitative estimate of drug-likeness (QED) is 0.851. The van der Waals surface area contributed by atoms with E-state index in [9.17, 15) is 9.59 Å². The molecule has 1 N–H and O–H groups in total. The van der Waals surface area contributed by atoms with Crippen molar-refractivity contribution in [1.29, 1.82) is 0 Å². The van der Waals surface area contributed by atoms with Gasteiger partial charge in [0.1, 0.15) is 5.60 Å². The van der Waals surface area contributed by atoms with Gasteiger partial charge in [-0.25, -0.2) is 4.79 Å². The first-order chi connectivity index (χ1) is 13.3. The SMILES string of the molecule is CC(C)(C)OC(=O)N1CCS[C@H]1C(=O)N[C@H](c1ccccc1)c1ccccn1. The number of ether oxygens (including phenoxy) is 1. The summed E-state index contributed by atoms with van der Waals surface area (Å²) in [6.07, 6.45) is 1.24. The number of hydrogen-bond acceptors (Lipinski definition) is 5. The van der Waals surface area contributed by atoms with Crippen molar-refractivity contribution in [3.05, 3.63) is 66.0 Å². The number of pyridine rings is 1. The van der Waals surface area contributed by atoms with E-state index in [0.29, 0.717) is 12.3 Å². The minimum Gasteiger partial charge on any atom is -0.444 e. The van der Waals surface area contributed by atoms with Crippen LogP contribution in [-0.4, -0.2) is 45.2 Å². The molecule has 6 nitrogen and oxygen atoms in total. The third-order valence-electron chi connectivity index (χ3n) is 4.15. The highest BCUT2D eigenvalue weighted by molar-refractivity contribution is 8.00. The summed E-state index contributed by atoms with van der Waals surface area (Å²) in [5.74, 6) is 0.463. The van der Waals surface area contributed by atoms with Crippen LogP contribution in [0, 0.1) is 0 Å². The molecular formula is C21H25N3O3S. The number of benzene rings is 1. The molecule has 3 rings (SSSR count). The molecule has 1 aliphatic heterocycles. The summed E-state index contributed by atoms with van der Waals surface area (Å²) in [6.45, 7) is 5.93. The molecule has 28 heavy (non-hydrogen) atoms. The zero-order valence-electron chi connectivity index (χ0n) is 16.3. The van der Waals surface area contributed by atoms with Crippen LogP contribution in [0.25, 0.3) is 0 Å². The second-order valence-corrected chi connectivity index (χ2v) is 8.69. The smallest absolute Gasteiger partial charge is 0.411 e. The van der Waals surface area contributed by atoms with Gasteiger partial charge in [-0.15, -0.1) is 11.8 Å². The van der Waals surface area contributed by atoms with Crippen LogP contribution in [0.4, 0.5) is 4.79 Å². The first kappa shape index (κ1) is 20.2. The minimum atomic E-state index is -0.621. The number of amides is 2. The molecule has 2 atom stereocenters. The predicted molar refractivity (Wildman–Crippen MR) is 110 cm³/mol. The van der Waals surface area contributed by atoms with E-state index in [0.717, 1.165) is 11.3 Å². The van der Waals surface area contributed by atoms with E-state index < -0.39 is 23.1 Å². The molecule has 0 aliphatic carbocycles. The van der Waals surface area contributed by atoms with Gasteiger partial charge in [-0.3, -0.25) is 14.7 Å². The Hall–Kier alpha value is -2.54. The topological polar surface area (TPSA) is 71.5 Å². The van der Waals surface area contributed by atoms with Gasteiger partial charge in [0, 0.05) is 18.5 Å². The molecule has 2 amide bonds. The van der Waals surface area contributed by atoms with Gasteiger partial charge in [0.05, 0.1) is 11.7 Å². The number of rotatable bonds is 4. The third kappa shape index (κ3) is 5.04. The maximum atomic E-state index is 13.1. The zero-order chi connectivity index (χ0) is 20.1. The van der Waals surface area contributed by atoms with Crippen molar-refractivity contribution in [1.82, 2.24) is 15.2 Å². The molecule has 0 saturated carbocycles. The fourth-order valence-corrected chi connectivity index (χ4v) is 4.04. The molecular weight excluding hydrogens is 374 g/mol. The number of carbonyl (C=O) groups is 2. The van der Waals surface area contributed by atoms with Gasteiger partial charge >= 0.3 is 6.09 Å². The fourth-order valence-electron chi connectivity index (χ4n) is 2.93. The van der Waals surface area contributed by atoms with Crippen LogP contribution in [0.5, 0.6) is 0 Å². The van der Waals surface area contributed by atoms with Crippen LogP contribution in [-0.2, 0) is 9.53 Å². The highest BCUT2D eigenvalue weighted by Crippen LogP contribution is 2.28. The Labute approximate surface area is 169 Å². The normalized spacial score (nSPS) is 17.8. The van der Waals surface area contributed by atoms with E-state index >= 15 is 0 Å². The number of hydrogen-bond donors (Lipinski definition) is 1. The summed E-state index contributed by atoms with van der Waals surface area (Å²) in [5.41, 5.74) is 1.07. The maximum absolute atomic E-state index is 13.1. The Bertz CT molecular complexity index is 769.